The zero-order chi connectivity index (χ0) is 11.0. The van der Waals surface area contributed by atoms with Crippen LogP contribution in [-0.2, 0) is 20.2 Å². The van der Waals surface area contributed by atoms with Gasteiger partial charge in [0, 0.05) is 0 Å². The average molecular weight is 265 g/mol. The predicted molar refractivity (Wildman–Crippen MR) is 54.6 cm³/mol. The number of hydrogen-bond acceptors (Lipinski definition) is 4. The van der Waals surface area contributed by atoms with Gasteiger partial charge in [-0.05, 0) is 18.2 Å². The number of rotatable bonds is 2. The SMILES string of the molecule is O=S(=O)(O)c1cccc(S(=O)(=O)O)c1.[MgH2]. The minimum Gasteiger partial charge on any atom is -0.282 e. The molecule has 1 aromatic carbocycles. The molecule has 0 spiro atoms. The second-order valence-corrected chi connectivity index (χ2v) is 5.27. The van der Waals surface area contributed by atoms with Crippen molar-refractivity contribution in [2.45, 2.75) is 9.79 Å². The van der Waals surface area contributed by atoms with E-state index in [4.69, 9.17) is 9.11 Å². The minimum absolute atomic E-state index is 0. The molecule has 0 atom stereocenters. The Balaban J connectivity index is 0.00000196. The summed E-state index contributed by atoms with van der Waals surface area (Å²) in [5, 5.41) is 0. The van der Waals surface area contributed by atoms with Gasteiger partial charge in [0.25, 0.3) is 20.2 Å². The van der Waals surface area contributed by atoms with Crippen LogP contribution in [0.15, 0.2) is 34.1 Å². The predicted octanol–water partition coefficient (Wildman–Crippen LogP) is -0.736. The first-order valence-electron chi connectivity index (χ1n) is 3.26. The summed E-state index contributed by atoms with van der Waals surface area (Å²) in [7, 11) is -8.92. The van der Waals surface area contributed by atoms with Crippen molar-refractivity contribution in [3.63, 3.8) is 0 Å². The maximum absolute atomic E-state index is 10.6. The standard InChI is InChI=1S/C6H6O6S2.Mg.2H/c7-13(8,9)5-2-1-3-6(4-5)14(10,11)12;;;/h1-4H,(H,7,8,9)(H,10,11,12);;;. The van der Waals surface area contributed by atoms with Crippen molar-refractivity contribution >= 4 is 43.3 Å². The van der Waals surface area contributed by atoms with Crippen LogP contribution in [0.4, 0.5) is 0 Å². The molecule has 0 amide bonds. The molecule has 0 bridgehead atoms. The van der Waals surface area contributed by atoms with Crippen LogP contribution in [0.3, 0.4) is 0 Å². The molecule has 1 rings (SSSR count). The van der Waals surface area contributed by atoms with Crippen LogP contribution in [0.2, 0.25) is 0 Å². The van der Waals surface area contributed by atoms with Gasteiger partial charge >= 0.3 is 23.1 Å². The van der Waals surface area contributed by atoms with Crippen LogP contribution in [-0.4, -0.2) is 49.0 Å². The van der Waals surface area contributed by atoms with E-state index in [0.29, 0.717) is 6.07 Å². The quantitative estimate of drug-likeness (QED) is 0.538. The summed E-state index contributed by atoms with van der Waals surface area (Å²) >= 11 is 0. The molecule has 0 fully saturated rings. The lowest BCUT2D eigenvalue weighted by Crippen LogP contribution is -2.02. The summed E-state index contributed by atoms with van der Waals surface area (Å²) < 4.78 is 59.5. The van der Waals surface area contributed by atoms with E-state index in [1.165, 1.54) is 0 Å². The van der Waals surface area contributed by atoms with Crippen LogP contribution in [0, 0.1) is 0 Å². The number of benzene rings is 1. The zero-order valence-corrected chi connectivity index (χ0v) is 8.29. The molecule has 0 aromatic heterocycles. The van der Waals surface area contributed by atoms with Crippen LogP contribution in [0.5, 0.6) is 0 Å². The van der Waals surface area contributed by atoms with E-state index in [9.17, 15) is 16.8 Å². The zero-order valence-electron chi connectivity index (χ0n) is 6.65. The van der Waals surface area contributed by atoms with E-state index in [1.54, 1.807) is 0 Å². The Morgan fingerprint density at radius 2 is 1.20 bits per heavy atom. The van der Waals surface area contributed by atoms with Crippen LogP contribution < -0.4 is 0 Å². The molecule has 0 unspecified atom stereocenters. The van der Waals surface area contributed by atoms with E-state index in [2.05, 4.69) is 0 Å². The monoisotopic (exact) mass is 264 g/mol. The normalized spacial score (nSPS) is 11.9. The fourth-order valence-corrected chi connectivity index (χ4v) is 1.92. The summed E-state index contributed by atoms with van der Waals surface area (Å²) in [4.78, 5) is -1.18. The van der Waals surface area contributed by atoms with Crippen molar-refractivity contribution in [1.82, 2.24) is 0 Å². The largest absolute Gasteiger partial charge is 0.316 e. The van der Waals surface area contributed by atoms with Gasteiger partial charge in [-0.1, -0.05) is 6.07 Å². The maximum Gasteiger partial charge on any atom is 0.316 e. The highest BCUT2D eigenvalue weighted by molar-refractivity contribution is 7.86. The van der Waals surface area contributed by atoms with Gasteiger partial charge in [0.1, 0.15) is 0 Å². The molecule has 15 heavy (non-hydrogen) atoms. The van der Waals surface area contributed by atoms with Crippen LogP contribution in [0.25, 0.3) is 0 Å². The van der Waals surface area contributed by atoms with E-state index < -0.39 is 30.0 Å². The van der Waals surface area contributed by atoms with Crippen LogP contribution >= 0.6 is 0 Å². The van der Waals surface area contributed by atoms with Gasteiger partial charge in [-0.25, -0.2) is 0 Å². The van der Waals surface area contributed by atoms with Crippen molar-refractivity contribution in [2.75, 3.05) is 0 Å². The molecule has 0 aliphatic rings. The molecule has 0 saturated heterocycles. The van der Waals surface area contributed by atoms with E-state index in [-0.39, 0.29) is 23.1 Å². The van der Waals surface area contributed by atoms with E-state index in [0.717, 1.165) is 18.2 Å². The molecule has 0 aliphatic carbocycles. The third kappa shape index (κ3) is 4.05. The summed E-state index contributed by atoms with van der Waals surface area (Å²) in [5.41, 5.74) is 0. The fraction of sp³-hybridized carbons (Fsp3) is 0. The van der Waals surface area contributed by atoms with E-state index in [1.807, 2.05) is 0 Å². The summed E-state index contributed by atoms with van der Waals surface area (Å²) in [6.45, 7) is 0. The van der Waals surface area contributed by atoms with Crippen LogP contribution in [0.1, 0.15) is 0 Å². The lowest BCUT2D eigenvalue weighted by atomic mass is 10.4. The lowest BCUT2D eigenvalue weighted by molar-refractivity contribution is 0.481. The van der Waals surface area contributed by atoms with Crippen molar-refractivity contribution in [3.8, 4) is 0 Å². The van der Waals surface area contributed by atoms with Crippen molar-refractivity contribution in [3.05, 3.63) is 24.3 Å². The molecule has 0 aliphatic heterocycles. The van der Waals surface area contributed by atoms with Gasteiger partial charge in [-0.3, -0.25) is 9.11 Å². The smallest absolute Gasteiger partial charge is 0.282 e. The molecular weight excluding hydrogens is 256 g/mol. The third-order valence-electron chi connectivity index (χ3n) is 1.40. The first kappa shape index (κ1) is 14.8. The fourth-order valence-electron chi connectivity index (χ4n) is 0.795. The second-order valence-electron chi connectivity index (χ2n) is 2.42. The minimum atomic E-state index is -4.46. The molecule has 9 heteroatoms. The third-order valence-corrected chi connectivity index (χ3v) is 3.10. The maximum atomic E-state index is 10.6. The van der Waals surface area contributed by atoms with Gasteiger partial charge in [0.2, 0.25) is 0 Å². The highest BCUT2D eigenvalue weighted by Crippen LogP contribution is 2.14. The Kier molecular flexibility index (Phi) is 4.70. The van der Waals surface area contributed by atoms with E-state index >= 15 is 0 Å². The average Bonchev–Trinajstić information content (AvgIpc) is 2.01. The Morgan fingerprint density at radius 3 is 1.47 bits per heavy atom. The van der Waals surface area contributed by atoms with Crippen molar-refractivity contribution in [2.24, 2.45) is 0 Å². The Labute approximate surface area is 103 Å². The number of hydrogen-bond donors (Lipinski definition) is 2. The Bertz CT molecular complexity index is 499. The van der Waals surface area contributed by atoms with Gasteiger partial charge in [0.15, 0.2) is 0 Å². The highest BCUT2D eigenvalue weighted by atomic mass is 32.2. The molecule has 0 radical (unpaired) electrons. The molecule has 6 nitrogen and oxygen atoms in total. The summed E-state index contributed by atoms with van der Waals surface area (Å²) in [6.07, 6.45) is 0. The first-order valence-corrected chi connectivity index (χ1v) is 6.14. The van der Waals surface area contributed by atoms with Gasteiger partial charge in [-0.15, -0.1) is 0 Å². The molecule has 0 saturated carbocycles. The summed E-state index contributed by atoms with van der Waals surface area (Å²) in [5.74, 6) is 0. The molecule has 0 heterocycles. The molecule has 1 aromatic rings. The molecular formula is C6H8MgO6S2. The van der Waals surface area contributed by atoms with Gasteiger partial charge < -0.3 is 0 Å². The van der Waals surface area contributed by atoms with Crippen molar-refractivity contribution < 1.29 is 25.9 Å². The van der Waals surface area contributed by atoms with Crippen molar-refractivity contribution in [1.29, 1.82) is 0 Å². The second kappa shape index (κ2) is 4.76. The first-order chi connectivity index (χ1) is 6.21. The van der Waals surface area contributed by atoms with Gasteiger partial charge in [0.05, 0.1) is 9.79 Å². The molecule has 82 valence electrons. The lowest BCUT2D eigenvalue weighted by Gasteiger charge is -1.99. The topological polar surface area (TPSA) is 109 Å². The Morgan fingerprint density at radius 1 is 0.867 bits per heavy atom. The highest BCUT2D eigenvalue weighted by Gasteiger charge is 2.15. The Hall–Kier alpha value is -0.194. The van der Waals surface area contributed by atoms with Gasteiger partial charge in [-0.2, -0.15) is 16.8 Å². The summed E-state index contributed by atoms with van der Waals surface area (Å²) in [6, 6.07) is 3.75. The molecule has 2 N–H and O–H groups in total.